The minimum Gasteiger partial charge on any atom is -0.486 e. The number of aldehydes is 1. The minimum atomic E-state index is 0.397. The Bertz CT molecular complexity index is 498. The second-order valence-electron chi connectivity index (χ2n) is 4.86. The standard InChI is InChI=1S/C14H16ClNO3/c15-12-7-10(9-1-3-16-4-2-9)13-14(11(12)8-17)19-6-5-18-13/h7-9,16H,1-6H2. The van der Waals surface area contributed by atoms with Gasteiger partial charge in [0.15, 0.2) is 17.8 Å². The molecule has 1 fully saturated rings. The molecule has 19 heavy (non-hydrogen) atoms. The fourth-order valence-electron chi connectivity index (χ4n) is 2.77. The van der Waals surface area contributed by atoms with Gasteiger partial charge in [-0.1, -0.05) is 11.6 Å². The summed E-state index contributed by atoms with van der Waals surface area (Å²) < 4.78 is 11.3. The molecule has 4 nitrogen and oxygen atoms in total. The summed E-state index contributed by atoms with van der Waals surface area (Å²) >= 11 is 6.20. The zero-order valence-corrected chi connectivity index (χ0v) is 11.3. The van der Waals surface area contributed by atoms with Crippen LogP contribution in [0.5, 0.6) is 11.5 Å². The van der Waals surface area contributed by atoms with Crippen LogP contribution in [-0.2, 0) is 0 Å². The molecule has 1 N–H and O–H groups in total. The van der Waals surface area contributed by atoms with E-state index in [-0.39, 0.29) is 0 Å². The predicted molar refractivity (Wildman–Crippen MR) is 72.7 cm³/mol. The average Bonchev–Trinajstić information content (AvgIpc) is 2.47. The molecule has 0 unspecified atom stereocenters. The lowest BCUT2D eigenvalue weighted by molar-refractivity contribution is 0.111. The van der Waals surface area contributed by atoms with Crippen LogP contribution >= 0.6 is 11.6 Å². The molecule has 1 saturated heterocycles. The number of carbonyl (C=O) groups excluding carboxylic acids is 1. The van der Waals surface area contributed by atoms with Crippen molar-refractivity contribution in [3.63, 3.8) is 0 Å². The van der Waals surface area contributed by atoms with E-state index in [1.807, 2.05) is 6.07 Å². The smallest absolute Gasteiger partial charge is 0.173 e. The normalized spacial score (nSPS) is 19.2. The molecule has 0 radical (unpaired) electrons. The van der Waals surface area contributed by atoms with Crippen LogP contribution in [0.2, 0.25) is 5.02 Å². The number of hydrogen-bond acceptors (Lipinski definition) is 4. The second kappa shape index (κ2) is 5.39. The van der Waals surface area contributed by atoms with Crippen LogP contribution < -0.4 is 14.8 Å². The first-order valence-corrected chi connectivity index (χ1v) is 6.97. The molecule has 0 amide bonds. The van der Waals surface area contributed by atoms with E-state index in [4.69, 9.17) is 21.1 Å². The van der Waals surface area contributed by atoms with Gasteiger partial charge in [0.05, 0.1) is 10.6 Å². The van der Waals surface area contributed by atoms with Crippen LogP contribution in [0.15, 0.2) is 6.07 Å². The van der Waals surface area contributed by atoms with Gasteiger partial charge in [-0.2, -0.15) is 0 Å². The molecule has 0 bridgehead atoms. The molecule has 2 aliphatic rings. The van der Waals surface area contributed by atoms with Crippen molar-refractivity contribution in [2.24, 2.45) is 0 Å². The number of piperidine rings is 1. The van der Waals surface area contributed by atoms with Gasteiger partial charge in [0.2, 0.25) is 0 Å². The number of nitrogens with one attached hydrogen (secondary N) is 1. The number of benzene rings is 1. The molecule has 102 valence electrons. The molecular weight excluding hydrogens is 266 g/mol. The third-order valence-corrected chi connectivity index (χ3v) is 4.04. The highest BCUT2D eigenvalue weighted by molar-refractivity contribution is 6.33. The SMILES string of the molecule is O=Cc1c(Cl)cc(C2CCNCC2)c2c1OCCO2. The Morgan fingerprint density at radius 1 is 1.21 bits per heavy atom. The topological polar surface area (TPSA) is 47.6 Å². The molecule has 0 saturated carbocycles. The molecule has 0 aromatic heterocycles. The summed E-state index contributed by atoms with van der Waals surface area (Å²) in [4.78, 5) is 11.2. The maximum atomic E-state index is 11.2. The number of ether oxygens (including phenoxy) is 2. The monoisotopic (exact) mass is 281 g/mol. The Labute approximate surface area is 117 Å². The van der Waals surface area contributed by atoms with E-state index < -0.39 is 0 Å². The van der Waals surface area contributed by atoms with Crippen molar-refractivity contribution < 1.29 is 14.3 Å². The maximum absolute atomic E-state index is 11.2. The highest BCUT2D eigenvalue weighted by Gasteiger charge is 2.27. The van der Waals surface area contributed by atoms with Crippen LogP contribution in [0.3, 0.4) is 0 Å². The van der Waals surface area contributed by atoms with Gasteiger partial charge in [-0.05, 0) is 37.9 Å². The average molecular weight is 282 g/mol. The van der Waals surface area contributed by atoms with Gasteiger partial charge >= 0.3 is 0 Å². The summed E-state index contributed by atoms with van der Waals surface area (Å²) in [5.41, 5.74) is 1.47. The Morgan fingerprint density at radius 2 is 1.89 bits per heavy atom. The Balaban J connectivity index is 2.08. The molecular formula is C14H16ClNO3. The Hall–Kier alpha value is -1.26. The molecule has 2 heterocycles. The van der Waals surface area contributed by atoms with Crippen LogP contribution in [0.4, 0.5) is 0 Å². The number of halogens is 1. The fourth-order valence-corrected chi connectivity index (χ4v) is 3.02. The van der Waals surface area contributed by atoms with Crippen LogP contribution in [0.25, 0.3) is 0 Å². The van der Waals surface area contributed by atoms with Gasteiger partial charge in [-0.3, -0.25) is 4.79 Å². The maximum Gasteiger partial charge on any atom is 0.173 e. The van der Waals surface area contributed by atoms with Gasteiger partial charge in [0.1, 0.15) is 13.2 Å². The molecule has 0 aliphatic carbocycles. The lowest BCUT2D eigenvalue weighted by Gasteiger charge is -2.29. The van der Waals surface area contributed by atoms with Gasteiger partial charge in [0, 0.05) is 5.56 Å². The number of carbonyl (C=O) groups is 1. The van der Waals surface area contributed by atoms with Crippen molar-refractivity contribution in [1.82, 2.24) is 5.32 Å². The second-order valence-corrected chi connectivity index (χ2v) is 5.27. The van der Waals surface area contributed by atoms with Crippen molar-refractivity contribution in [2.75, 3.05) is 26.3 Å². The van der Waals surface area contributed by atoms with E-state index in [2.05, 4.69) is 5.32 Å². The molecule has 3 rings (SSSR count). The fraction of sp³-hybridized carbons (Fsp3) is 0.500. The molecule has 1 aromatic carbocycles. The molecule has 2 aliphatic heterocycles. The predicted octanol–water partition coefficient (Wildman–Crippen LogP) is 2.39. The van der Waals surface area contributed by atoms with Crippen molar-refractivity contribution in [2.45, 2.75) is 18.8 Å². The van der Waals surface area contributed by atoms with Crippen molar-refractivity contribution in [1.29, 1.82) is 0 Å². The van der Waals surface area contributed by atoms with E-state index in [1.165, 1.54) is 0 Å². The summed E-state index contributed by atoms with van der Waals surface area (Å²) in [5, 5.41) is 3.79. The van der Waals surface area contributed by atoms with Crippen molar-refractivity contribution in [3.8, 4) is 11.5 Å². The lowest BCUT2D eigenvalue weighted by Crippen LogP contribution is -2.27. The summed E-state index contributed by atoms with van der Waals surface area (Å²) in [6.45, 7) is 2.96. The van der Waals surface area contributed by atoms with Gasteiger partial charge in [-0.15, -0.1) is 0 Å². The van der Waals surface area contributed by atoms with Crippen molar-refractivity contribution in [3.05, 3.63) is 22.2 Å². The number of rotatable bonds is 2. The van der Waals surface area contributed by atoms with E-state index in [0.29, 0.717) is 41.2 Å². The Morgan fingerprint density at radius 3 is 2.58 bits per heavy atom. The zero-order chi connectivity index (χ0) is 13.2. The Kier molecular flexibility index (Phi) is 3.62. The first-order chi connectivity index (χ1) is 9.31. The van der Waals surface area contributed by atoms with Crippen LogP contribution in [0, 0.1) is 0 Å². The summed E-state index contributed by atoms with van der Waals surface area (Å²) in [6, 6.07) is 1.87. The van der Waals surface area contributed by atoms with Gasteiger partial charge < -0.3 is 14.8 Å². The lowest BCUT2D eigenvalue weighted by atomic mass is 9.88. The van der Waals surface area contributed by atoms with E-state index in [1.54, 1.807) is 0 Å². The quantitative estimate of drug-likeness (QED) is 0.846. The third-order valence-electron chi connectivity index (χ3n) is 3.73. The first-order valence-electron chi connectivity index (χ1n) is 6.59. The minimum absolute atomic E-state index is 0.397. The van der Waals surface area contributed by atoms with E-state index in [0.717, 1.165) is 37.8 Å². The van der Waals surface area contributed by atoms with Crippen LogP contribution in [0.1, 0.15) is 34.7 Å². The summed E-state index contributed by atoms with van der Waals surface area (Å²) in [6.07, 6.45) is 2.83. The highest BCUT2D eigenvalue weighted by Crippen LogP contribution is 2.45. The number of hydrogen-bond donors (Lipinski definition) is 1. The van der Waals surface area contributed by atoms with Gasteiger partial charge in [0.25, 0.3) is 0 Å². The van der Waals surface area contributed by atoms with Crippen molar-refractivity contribution >= 4 is 17.9 Å². The van der Waals surface area contributed by atoms with Crippen LogP contribution in [-0.4, -0.2) is 32.6 Å². The first kappa shape index (κ1) is 12.8. The van der Waals surface area contributed by atoms with Gasteiger partial charge in [-0.25, -0.2) is 0 Å². The third kappa shape index (κ3) is 2.30. The summed E-state index contributed by atoms with van der Waals surface area (Å²) in [5.74, 6) is 1.64. The van der Waals surface area contributed by atoms with E-state index in [9.17, 15) is 4.79 Å². The molecule has 5 heteroatoms. The largest absolute Gasteiger partial charge is 0.486 e. The number of fused-ring (bicyclic) bond motifs is 1. The molecule has 1 aromatic rings. The zero-order valence-electron chi connectivity index (χ0n) is 10.6. The molecule has 0 spiro atoms. The summed E-state index contributed by atoms with van der Waals surface area (Å²) in [7, 11) is 0. The van der Waals surface area contributed by atoms with E-state index >= 15 is 0 Å². The molecule has 0 atom stereocenters. The highest BCUT2D eigenvalue weighted by atomic mass is 35.5.